The third-order valence-electron chi connectivity index (χ3n) is 2.86. The molecular formula is C13H17BrO2. The van der Waals surface area contributed by atoms with Gasteiger partial charge in [0.25, 0.3) is 0 Å². The molecule has 0 bridgehead atoms. The molecule has 1 aliphatic carbocycles. The molecule has 0 heterocycles. The van der Waals surface area contributed by atoms with Gasteiger partial charge in [0.1, 0.15) is 5.75 Å². The second-order valence-electron chi connectivity index (χ2n) is 4.19. The Balaban J connectivity index is 1.94. The van der Waals surface area contributed by atoms with E-state index in [-0.39, 0.29) is 6.10 Å². The lowest BCUT2D eigenvalue weighted by molar-refractivity contribution is 0.0618. The second kappa shape index (κ2) is 5.69. The van der Waals surface area contributed by atoms with Gasteiger partial charge >= 0.3 is 0 Å². The van der Waals surface area contributed by atoms with E-state index in [1.165, 1.54) is 18.4 Å². The van der Waals surface area contributed by atoms with Crippen LogP contribution in [0.25, 0.3) is 0 Å². The van der Waals surface area contributed by atoms with E-state index < -0.39 is 0 Å². The van der Waals surface area contributed by atoms with Crippen LogP contribution in [0.5, 0.6) is 5.75 Å². The van der Waals surface area contributed by atoms with E-state index in [1.54, 1.807) is 7.11 Å². The summed E-state index contributed by atoms with van der Waals surface area (Å²) in [7, 11) is 1.68. The van der Waals surface area contributed by atoms with Crippen LogP contribution >= 0.6 is 15.9 Å². The van der Waals surface area contributed by atoms with E-state index in [0.717, 1.165) is 23.6 Å². The lowest BCUT2D eigenvalue weighted by Gasteiger charge is -2.16. The second-order valence-corrected chi connectivity index (χ2v) is 4.84. The van der Waals surface area contributed by atoms with Crippen molar-refractivity contribution >= 4 is 15.9 Å². The van der Waals surface area contributed by atoms with Gasteiger partial charge < -0.3 is 9.47 Å². The Hall–Kier alpha value is -0.540. The Morgan fingerprint density at radius 3 is 2.50 bits per heavy atom. The van der Waals surface area contributed by atoms with Crippen molar-refractivity contribution < 1.29 is 9.47 Å². The van der Waals surface area contributed by atoms with Gasteiger partial charge in [0.15, 0.2) is 0 Å². The topological polar surface area (TPSA) is 18.5 Å². The highest BCUT2D eigenvalue weighted by molar-refractivity contribution is 9.09. The number of halogens is 1. The number of methoxy groups -OCH3 is 1. The molecule has 16 heavy (non-hydrogen) atoms. The Morgan fingerprint density at radius 1 is 1.31 bits per heavy atom. The first-order valence-corrected chi connectivity index (χ1v) is 6.77. The van der Waals surface area contributed by atoms with E-state index in [4.69, 9.17) is 9.47 Å². The van der Waals surface area contributed by atoms with Gasteiger partial charge in [-0.1, -0.05) is 28.1 Å². The van der Waals surface area contributed by atoms with Gasteiger partial charge in [0.05, 0.1) is 19.8 Å². The number of hydrogen-bond acceptors (Lipinski definition) is 2. The van der Waals surface area contributed by atoms with E-state index in [1.807, 2.05) is 12.1 Å². The molecule has 0 N–H and O–H groups in total. The van der Waals surface area contributed by atoms with Crippen molar-refractivity contribution in [3.05, 3.63) is 29.8 Å². The summed E-state index contributed by atoms with van der Waals surface area (Å²) in [6.07, 6.45) is 2.82. The van der Waals surface area contributed by atoms with Crippen LogP contribution in [0.3, 0.4) is 0 Å². The molecule has 88 valence electrons. The van der Waals surface area contributed by atoms with Crippen LogP contribution in [0.4, 0.5) is 0 Å². The zero-order chi connectivity index (χ0) is 11.4. The Bertz CT molecular complexity index is 319. The largest absolute Gasteiger partial charge is 0.497 e. The van der Waals surface area contributed by atoms with Crippen molar-refractivity contribution in [1.82, 2.24) is 0 Å². The molecule has 0 saturated heterocycles. The molecular weight excluding hydrogens is 268 g/mol. The molecule has 1 unspecified atom stereocenters. The molecule has 2 nitrogen and oxygen atoms in total. The van der Waals surface area contributed by atoms with Crippen molar-refractivity contribution in [3.63, 3.8) is 0 Å². The van der Waals surface area contributed by atoms with Crippen LogP contribution < -0.4 is 4.74 Å². The zero-order valence-electron chi connectivity index (χ0n) is 9.49. The first kappa shape index (κ1) is 11.9. The third kappa shape index (κ3) is 3.22. The molecule has 1 aliphatic rings. The third-order valence-corrected chi connectivity index (χ3v) is 3.45. The number of alkyl halides is 1. The van der Waals surface area contributed by atoms with Gasteiger partial charge in [-0.15, -0.1) is 0 Å². The average Bonchev–Trinajstić information content (AvgIpc) is 3.15. The standard InChI is InChI=1S/C13H17BrO2/c1-15-12-6-4-11(5-7-12)13(8-14)16-9-10-2-3-10/h4-7,10,13H,2-3,8-9H2,1H3. The van der Waals surface area contributed by atoms with Crippen LogP contribution in [0.2, 0.25) is 0 Å². The summed E-state index contributed by atoms with van der Waals surface area (Å²) in [6, 6.07) is 8.09. The van der Waals surface area contributed by atoms with Crippen LogP contribution in [0, 0.1) is 5.92 Å². The monoisotopic (exact) mass is 284 g/mol. The summed E-state index contributed by atoms with van der Waals surface area (Å²) in [5.74, 6) is 1.69. The fraction of sp³-hybridized carbons (Fsp3) is 0.538. The van der Waals surface area contributed by atoms with E-state index in [9.17, 15) is 0 Å². The zero-order valence-corrected chi connectivity index (χ0v) is 11.1. The molecule has 0 aliphatic heterocycles. The molecule has 0 spiro atoms. The van der Waals surface area contributed by atoms with Crippen molar-refractivity contribution in [3.8, 4) is 5.75 Å². The summed E-state index contributed by atoms with van der Waals surface area (Å²) >= 11 is 3.50. The molecule has 0 amide bonds. The molecule has 3 heteroatoms. The van der Waals surface area contributed by atoms with Crippen molar-refractivity contribution in [1.29, 1.82) is 0 Å². The first-order valence-electron chi connectivity index (χ1n) is 5.65. The van der Waals surface area contributed by atoms with E-state index in [2.05, 4.69) is 28.1 Å². The van der Waals surface area contributed by atoms with E-state index in [0.29, 0.717) is 0 Å². The van der Waals surface area contributed by atoms with Crippen LogP contribution in [-0.2, 0) is 4.74 Å². The molecule has 1 aromatic carbocycles. The Morgan fingerprint density at radius 2 is 2.00 bits per heavy atom. The molecule has 1 saturated carbocycles. The van der Waals surface area contributed by atoms with Gasteiger partial charge in [-0.2, -0.15) is 0 Å². The number of ether oxygens (including phenoxy) is 2. The lowest BCUT2D eigenvalue weighted by Crippen LogP contribution is -2.08. The molecule has 1 aromatic rings. The maximum atomic E-state index is 5.89. The smallest absolute Gasteiger partial charge is 0.118 e. The summed E-state index contributed by atoms with van der Waals surface area (Å²) in [4.78, 5) is 0. The maximum Gasteiger partial charge on any atom is 0.118 e. The number of benzene rings is 1. The van der Waals surface area contributed by atoms with Crippen molar-refractivity contribution in [2.45, 2.75) is 18.9 Å². The summed E-state index contributed by atoms with van der Waals surface area (Å²) in [5, 5.41) is 0.839. The normalized spacial score (nSPS) is 17.1. The molecule has 1 atom stereocenters. The fourth-order valence-electron chi connectivity index (χ4n) is 1.59. The predicted octanol–water partition coefficient (Wildman–Crippen LogP) is 3.56. The van der Waals surface area contributed by atoms with E-state index >= 15 is 0 Å². The minimum absolute atomic E-state index is 0.159. The quantitative estimate of drug-likeness (QED) is 0.744. The molecule has 1 fully saturated rings. The lowest BCUT2D eigenvalue weighted by atomic mass is 10.1. The maximum absolute atomic E-state index is 5.89. The van der Waals surface area contributed by atoms with Gasteiger partial charge in [-0.05, 0) is 36.5 Å². The highest BCUT2D eigenvalue weighted by Crippen LogP contribution is 2.31. The number of hydrogen-bond donors (Lipinski definition) is 0. The fourth-order valence-corrected chi connectivity index (χ4v) is 2.15. The predicted molar refractivity (Wildman–Crippen MR) is 68.2 cm³/mol. The van der Waals surface area contributed by atoms with Crippen LogP contribution in [0.15, 0.2) is 24.3 Å². The summed E-state index contributed by atoms with van der Waals surface area (Å²) < 4.78 is 11.0. The van der Waals surface area contributed by atoms with Gasteiger partial charge in [-0.25, -0.2) is 0 Å². The van der Waals surface area contributed by atoms with Crippen LogP contribution in [0.1, 0.15) is 24.5 Å². The van der Waals surface area contributed by atoms with Crippen LogP contribution in [-0.4, -0.2) is 19.0 Å². The Labute approximate surface area is 105 Å². The van der Waals surface area contributed by atoms with Crippen molar-refractivity contribution in [2.75, 3.05) is 19.0 Å². The minimum atomic E-state index is 0.159. The highest BCUT2D eigenvalue weighted by atomic mass is 79.9. The SMILES string of the molecule is COc1ccc(C(CBr)OCC2CC2)cc1. The highest BCUT2D eigenvalue weighted by Gasteiger charge is 2.23. The average molecular weight is 285 g/mol. The number of rotatable bonds is 6. The molecule has 2 rings (SSSR count). The molecule has 0 aromatic heterocycles. The Kier molecular flexibility index (Phi) is 4.24. The summed E-state index contributed by atoms with van der Waals surface area (Å²) in [6.45, 7) is 0.891. The van der Waals surface area contributed by atoms with Crippen molar-refractivity contribution in [2.24, 2.45) is 5.92 Å². The first-order chi connectivity index (χ1) is 7.83. The van der Waals surface area contributed by atoms with Gasteiger partial charge in [0.2, 0.25) is 0 Å². The summed E-state index contributed by atoms with van der Waals surface area (Å²) in [5.41, 5.74) is 1.21. The van der Waals surface area contributed by atoms with Gasteiger partial charge in [0, 0.05) is 5.33 Å². The molecule has 0 radical (unpaired) electrons. The minimum Gasteiger partial charge on any atom is -0.497 e. The van der Waals surface area contributed by atoms with Gasteiger partial charge in [-0.3, -0.25) is 0 Å².